The van der Waals surface area contributed by atoms with E-state index in [1.165, 1.54) is 57.8 Å². The summed E-state index contributed by atoms with van der Waals surface area (Å²) in [5.74, 6) is -0.126. The average molecular weight is 380 g/mol. The van der Waals surface area contributed by atoms with E-state index in [4.69, 9.17) is 4.74 Å². The number of carbonyl (C=O) groups excluding carboxylic acids is 2. The molecule has 0 aromatic rings. The molecule has 156 valence electrons. The number of hydrogen-bond donors (Lipinski definition) is 0. The van der Waals surface area contributed by atoms with Crippen LogP contribution in [0.2, 0.25) is 0 Å². The minimum absolute atomic E-state index is 0.00257. The summed E-state index contributed by atoms with van der Waals surface area (Å²) in [5, 5.41) is 0. The van der Waals surface area contributed by atoms with Gasteiger partial charge in [0.1, 0.15) is 0 Å². The Morgan fingerprint density at radius 1 is 0.889 bits per heavy atom. The fraction of sp³-hybridized carbons (Fsp3) is 0.826. The van der Waals surface area contributed by atoms with E-state index in [0.717, 1.165) is 12.8 Å². The van der Waals surface area contributed by atoms with Crippen LogP contribution in [0.25, 0.3) is 0 Å². The number of esters is 1. The van der Waals surface area contributed by atoms with Gasteiger partial charge in [0.25, 0.3) is 0 Å². The van der Waals surface area contributed by atoms with Crippen LogP contribution in [0.15, 0.2) is 12.2 Å². The summed E-state index contributed by atoms with van der Waals surface area (Å²) in [6.07, 6.45) is 15.6. The van der Waals surface area contributed by atoms with E-state index >= 15 is 0 Å². The van der Waals surface area contributed by atoms with Gasteiger partial charge in [0.05, 0.1) is 12.5 Å². The first-order chi connectivity index (χ1) is 13.1. The first kappa shape index (κ1) is 23.7. The first-order valence-electron chi connectivity index (χ1n) is 11.2. The standard InChI is InChI=1S/C23H41NO3/c1-4-5-6-7-8-9-10-11-12-13-14-19-27-23(26)21-15-17-24(18-16-21)22(25)20(2)3/h21H,2,4-19H2,1,3H3. The largest absolute Gasteiger partial charge is 0.465 e. The van der Waals surface area contributed by atoms with Crippen LogP contribution in [0.5, 0.6) is 0 Å². The highest BCUT2D eigenvalue weighted by Crippen LogP contribution is 2.20. The van der Waals surface area contributed by atoms with E-state index in [2.05, 4.69) is 13.5 Å². The lowest BCUT2D eigenvalue weighted by Crippen LogP contribution is -2.40. The van der Waals surface area contributed by atoms with Crippen LogP contribution in [-0.2, 0) is 14.3 Å². The molecule has 0 unspecified atom stereocenters. The molecule has 0 aromatic heterocycles. The maximum atomic E-state index is 12.1. The normalized spacial score (nSPS) is 15.0. The quantitative estimate of drug-likeness (QED) is 0.222. The van der Waals surface area contributed by atoms with Crippen molar-refractivity contribution in [2.45, 2.75) is 97.3 Å². The van der Waals surface area contributed by atoms with Crippen molar-refractivity contribution in [3.8, 4) is 0 Å². The van der Waals surface area contributed by atoms with Gasteiger partial charge in [-0.1, -0.05) is 77.7 Å². The number of likely N-dealkylation sites (tertiary alicyclic amines) is 1. The van der Waals surface area contributed by atoms with Crippen LogP contribution >= 0.6 is 0 Å². The first-order valence-corrected chi connectivity index (χ1v) is 11.2. The molecule has 27 heavy (non-hydrogen) atoms. The van der Waals surface area contributed by atoms with Gasteiger partial charge in [-0.05, 0) is 26.2 Å². The van der Waals surface area contributed by atoms with Gasteiger partial charge in [0.15, 0.2) is 0 Å². The molecular formula is C23H41NO3. The number of hydrogen-bond acceptors (Lipinski definition) is 3. The third-order valence-electron chi connectivity index (χ3n) is 5.47. The highest BCUT2D eigenvalue weighted by atomic mass is 16.5. The maximum Gasteiger partial charge on any atom is 0.309 e. The monoisotopic (exact) mass is 379 g/mol. The van der Waals surface area contributed by atoms with E-state index in [0.29, 0.717) is 38.1 Å². The molecule has 0 aromatic carbocycles. The minimum atomic E-state index is -0.0792. The second-order valence-electron chi connectivity index (χ2n) is 8.05. The summed E-state index contributed by atoms with van der Waals surface area (Å²) >= 11 is 0. The lowest BCUT2D eigenvalue weighted by atomic mass is 9.96. The smallest absolute Gasteiger partial charge is 0.309 e. The number of nitrogens with zero attached hydrogens (tertiary/aromatic N) is 1. The molecule has 4 nitrogen and oxygen atoms in total. The van der Waals surface area contributed by atoms with E-state index in [1.54, 1.807) is 11.8 Å². The Morgan fingerprint density at radius 2 is 1.37 bits per heavy atom. The topological polar surface area (TPSA) is 46.6 Å². The van der Waals surface area contributed by atoms with Crippen LogP contribution in [0.1, 0.15) is 97.3 Å². The highest BCUT2D eigenvalue weighted by molar-refractivity contribution is 5.92. The number of carbonyl (C=O) groups is 2. The summed E-state index contributed by atoms with van der Waals surface area (Å²) in [6, 6.07) is 0. The molecule has 4 heteroatoms. The molecule has 0 saturated carbocycles. The highest BCUT2D eigenvalue weighted by Gasteiger charge is 2.28. The summed E-state index contributed by atoms with van der Waals surface area (Å²) in [4.78, 5) is 25.8. The Bertz CT molecular complexity index is 439. The molecule has 0 atom stereocenters. The maximum absolute atomic E-state index is 12.1. The van der Waals surface area contributed by atoms with E-state index < -0.39 is 0 Å². The van der Waals surface area contributed by atoms with Crippen LogP contribution in [0.4, 0.5) is 0 Å². The molecule has 1 saturated heterocycles. The van der Waals surface area contributed by atoms with Gasteiger partial charge in [0, 0.05) is 18.7 Å². The Kier molecular flexibility index (Phi) is 12.9. The molecule has 0 N–H and O–H groups in total. The third kappa shape index (κ3) is 10.6. The van der Waals surface area contributed by atoms with Crippen LogP contribution in [0, 0.1) is 5.92 Å². The van der Waals surface area contributed by atoms with Crippen molar-refractivity contribution in [1.29, 1.82) is 0 Å². The van der Waals surface area contributed by atoms with Gasteiger partial charge in [-0.25, -0.2) is 0 Å². The Labute approximate surface area is 166 Å². The summed E-state index contributed by atoms with van der Waals surface area (Å²) < 4.78 is 5.45. The van der Waals surface area contributed by atoms with Gasteiger partial charge in [-0.15, -0.1) is 0 Å². The number of piperidine rings is 1. The lowest BCUT2D eigenvalue weighted by Gasteiger charge is -2.31. The van der Waals surface area contributed by atoms with Crippen LogP contribution < -0.4 is 0 Å². The van der Waals surface area contributed by atoms with Crippen molar-refractivity contribution in [1.82, 2.24) is 4.90 Å². The number of amides is 1. The van der Waals surface area contributed by atoms with Gasteiger partial charge in [-0.2, -0.15) is 0 Å². The zero-order valence-corrected chi connectivity index (χ0v) is 17.8. The van der Waals surface area contributed by atoms with E-state index in [1.807, 2.05) is 0 Å². The Morgan fingerprint density at radius 3 is 1.85 bits per heavy atom. The number of rotatable bonds is 14. The zero-order chi connectivity index (χ0) is 19.9. The Hall–Kier alpha value is -1.32. The number of unbranched alkanes of at least 4 members (excludes halogenated alkanes) is 10. The van der Waals surface area contributed by atoms with E-state index in [9.17, 15) is 9.59 Å². The fourth-order valence-corrected chi connectivity index (χ4v) is 3.65. The Balaban J connectivity index is 1.95. The van der Waals surface area contributed by atoms with Gasteiger partial charge in [0.2, 0.25) is 5.91 Å². The predicted octanol–water partition coefficient (Wildman–Crippen LogP) is 5.66. The van der Waals surface area contributed by atoms with Crippen molar-refractivity contribution in [3.05, 3.63) is 12.2 Å². The second-order valence-corrected chi connectivity index (χ2v) is 8.05. The summed E-state index contributed by atoms with van der Waals surface area (Å²) in [5.41, 5.74) is 0.563. The van der Waals surface area contributed by atoms with Crippen molar-refractivity contribution < 1.29 is 14.3 Å². The van der Waals surface area contributed by atoms with Crippen LogP contribution in [-0.4, -0.2) is 36.5 Å². The SMILES string of the molecule is C=C(C)C(=O)N1CCC(C(=O)OCCCCCCCCCCCCC)CC1. The van der Waals surface area contributed by atoms with Crippen molar-refractivity contribution in [2.75, 3.05) is 19.7 Å². The molecule has 1 aliphatic rings. The predicted molar refractivity (Wildman–Crippen MR) is 112 cm³/mol. The molecule has 0 radical (unpaired) electrons. The molecule has 0 bridgehead atoms. The van der Waals surface area contributed by atoms with Crippen molar-refractivity contribution in [2.24, 2.45) is 5.92 Å². The van der Waals surface area contributed by atoms with Crippen LogP contribution in [0.3, 0.4) is 0 Å². The molecule has 0 spiro atoms. The van der Waals surface area contributed by atoms with Gasteiger partial charge >= 0.3 is 5.97 Å². The summed E-state index contributed by atoms with van der Waals surface area (Å²) in [6.45, 7) is 9.49. The minimum Gasteiger partial charge on any atom is -0.465 e. The zero-order valence-electron chi connectivity index (χ0n) is 17.8. The van der Waals surface area contributed by atoms with Gasteiger partial charge < -0.3 is 9.64 Å². The molecule has 1 heterocycles. The second kappa shape index (κ2) is 14.7. The lowest BCUT2D eigenvalue weighted by molar-refractivity contribution is -0.151. The molecule has 1 aliphatic heterocycles. The molecular weight excluding hydrogens is 338 g/mol. The molecule has 1 fully saturated rings. The third-order valence-corrected chi connectivity index (χ3v) is 5.47. The summed E-state index contributed by atoms with van der Waals surface area (Å²) in [7, 11) is 0. The average Bonchev–Trinajstić information content (AvgIpc) is 2.68. The number of ether oxygens (including phenoxy) is 1. The van der Waals surface area contributed by atoms with Crippen molar-refractivity contribution >= 4 is 11.9 Å². The van der Waals surface area contributed by atoms with Crippen molar-refractivity contribution in [3.63, 3.8) is 0 Å². The van der Waals surface area contributed by atoms with Gasteiger partial charge in [-0.3, -0.25) is 9.59 Å². The molecule has 1 rings (SSSR count). The molecule has 0 aliphatic carbocycles. The molecule has 1 amide bonds. The van der Waals surface area contributed by atoms with E-state index in [-0.39, 0.29) is 17.8 Å². The fourth-order valence-electron chi connectivity index (χ4n) is 3.65.